The third kappa shape index (κ3) is 8.32. The second kappa shape index (κ2) is 12.2. The van der Waals surface area contributed by atoms with E-state index in [-0.39, 0.29) is 28.9 Å². The summed E-state index contributed by atoms with van der Waals surface area (Å²) in [4.78, 5) is 7.26. The fourth-order valence-electron chi connectivity index (χ4n) is 3.41. The van der Waals surface area contributed by atoms with E-state index in [0.29, 0.717) is 18.2 Å². The number of aliphatic imine (C=N–C) groups is 1. The maximum atomic E-state index is 12.8. The van der Waals surface area contributed by atoms with Crippen LogP contribution in [0.4, 0.5) is 0 Å². The average molecular weight is 553 g/mol. The fourth-order valence-corrected chi connectivity index (χ4v) is 5.06. The van der Waals surface area contributed by atoms with Crippen LogP contribution in [0.3, 0.4) is 0 Å². The van der Waals surface area contributed by atoms with Crippen LogP contribution in [0.2, 0.25) is 0 Å². The summed E-state index contributed by atoms with van der Waals surface area (Å²) in [5.74, 6) is 0.818. The molecule has 0 atom stereocenters. The zero-order chi connectivity index (χ0) is 21.5. The number of rotatable bonds is 7. The quantitative estimate of drug-likeness (QED) is 0.308. The lowest BCUT2D eigenvalue weighted by Gasteiger charge is -2.34. The van der Waals surface area contributed by atoms with Gasteiger partial charge in [0.15, 0.2) is 5.96 Å². The molecule has 172 valence electrons. The topological polar surface area (TPSA) is 83.0 Å². The van der Waals surface area contributed by atoms with E-state index >= 15 is 0 Å². The number of hydrogen-bond donors (Lipinski definition) is 2. The van der Waals surface area contributed by atoms with E-state index in [1.165, 1.54) is 0 Å². The number of piperidine rings is 1. The van der Waals surface area contributed by atoms with E-state index in [4.69, 9.17) is 9.73 Å². The minimum Gasteiger partial charge on any atom is -0.378 e. The van der Waals surface area contributed by atoms with Gasteiger partial charge in [-0.1, -0.05) is 18.2 Å². The van der Waals surface area contributed by atoms with Crippen molar-refractivity contribution >= 4 is 40.0 Å². The van der Waals surface area contributed by atoms with E-state index in [1.54, 1.807) is 12.1 Å². The van der Waals surface area contributed by atoms with Crippen LogP contribution >= 0.6 is 24.0 Å². The smallest absolute Gasteiger partial charge is 0.241 e. The lowest BCUT2D eigenvalue weighted by Crippen LogP contribution is -2.47. The molecule has 1 heterocycles. The number of likely N-dealkylation sites (tertiary alicyclic amines) is 1. The molecule has 0 bridgehead atoms. The lowest BCUT2D eigenvalue weighted by atomic mass is 10.1. The standard InChI is InChI=1S/C21H36N4O3S.HI/c1-6-22-20(25-14-12-18(13-15-25)28-7-2)23-16-17-10-8-9-11-19(17)29(26,27)24-21(3,4)5;/h8-11,18,24H,6-7,12-16H2,1-5H3,(H,22,23);1H. The van der Waals surface area contributed by atoms with Gasteiger partial charge in [-0.05, 0) is 59.1 Å². The maximum absolute atomic E-state index is 12.8. The van der Waals surface area contributed by atoms with Gasteiger partial charge in [0.05, 0.1) is 17.5 Å². The van der Waals surface area contributed by atoms with Crippen LogP contribution < -0.4 is 10.0 Å². The molecule has 0 saturated carbocycles. The van der Waals surface area contributed by atoms with Crippen molar-refractivity contribution in [1.82, 2.24) is 14.9 Å². The highest BCUT2D eigenvalue weighted by Gasteiger charge is 2.25. The molecule has 7 nitrogen and oxygen atoms in total. The number of sulfonamides is 1. The van der Waals surface area contributed by atoms with Crippen LogP contribution in [0.15, 0.2) is 34.2 Å². The van der Waals surface area contributed by atoms with E-state index in [1.807, 2.05) is 46.8 Å². The molecule has 2 rings (SSSR count). The highest BCUT2D eigenvalue weighted by molar-refractivity contribution is 14.0. The molecule has 1 saturated heterocycles. The molecule has 1 aliphatic rings. The number of hydrogen-bond acceptors (Lipinski definition) is 4. The summed E-state index contributed by atoms with van der Waals surface area (Å²) in [6.45, 7) is 13.1. The molecule has 2 N–H and O–H groups in total. The largest absolute Gasteiger partial charge is 0.378 e. The molecule has 0 aliphatic carbocycles. The molecular formula is C21H37IN4O3S. The molecule has 0 aromatic heterocycles. The van der Waals surface area contributed by atoms with E-state index in [9.17, 15) is 8.42 Å². The summed E-state index contributed by atoms with van der Waals surface area (Å²) in [5, 5.41) is 3.34. The SMILES string of the molecule is CCNC(=NCc1ccccc1S(=O)(=O)NC(C)(C)C)N1CCC(OCC)CC1.I. The Labute approximate surface area is 199 Å². The van der Waals surface area contributed by atoms with Gasteiger partial charge in [0.25, 0.3) is 0 Å². The molecule has 9 heteroatoms. The number of halogens is 1. The lowest BCUT2D eigenvalue weighted by molar-refractivity contribution is 0.0263. The Kier molecular flexibility index (Phi) is 11.0. The van der Waals surface area contributed by atoms with Gasteiger partial charge in [0.1, 0.15) is 0 Å². The van der Waals surface area contributed by atoms with Crippen molar-refractivity contribution in [2.24, 2.45) is 4.99 Å². The van der Waals surface area contributed by atoms with Crippen LogP contribution in [-0.4, -0.2) is 57.2 Å². The molecule has 1 fully saturated rings. The van der Waals surface area contributed by atoms with Crippen LogP contribution in [0.1, 0.15) is 53.0 Å². The highest BCUT2D eigenvalue weighted by Crippen LogP contribution is 2.19. The molecular weight excluding hydrogens is 515 g/mol. The van der Waals surface area contributed by atoms with Gasteiger partial charge in [0.2, 0.25) is 10.0 Å². The molecule has 30 heavy (non-hydrogen) atoms. The molecule has 1 aliphatic heterocycles. The number of guanidine groups is 1. The third-order valence-electron chi connectivity index (χ3n) is 4.58. The number of benzene rings is 1. The van der Waals surface area contributed by atoms with Crippen molar-refractivity contribution in [2.75, 3.05) is 26.2 Å². The van der Waals surface area contributed by atoms with Crippen molar-refractivity contribution in [3.8, 4) is 0 Å². The predicted octanol–water partition coefficient (Wildman–Crippen LogP) is 3.35. The first kappa shape index (κ1) is 27.1. The molecule has 0 unspecified atom stereocenters. The van der Waals surface area contributed by atoms with Gasteiger partial charge < -0.3 is 15.0 Å². The van der Waals surface area contributed by atoms with E-state index in [0.717, 1.165) is 45.0 Å². The summed E-state index contributed by atoms with van der Waals surface area (Å²) in [6.07, 6.45) is 2.26. The Hall–Kier alpha value is -0.910. The summed E-state index contributed by atoms with van der Waals surface area (Å²) < 4.78 is 34.1. The fraction of sp³-hybridized carbons (Fsp3) is 0.667. The van der Waals surface area contributed by atoms with Crippen molar-refractivity contribution in [3.05, 3.63) is 29.8 Å². The number of ether oxygens (including phenoxy) is 1. The first-order chi connectivity index (χ1) is 13.7. The Morgan fingerprint density at radius 1 is 1.20 bits per heavy atom. The average Bonchev–Trinajstić information content (AvgIpc) is 2.64. The van der Waals surface area contributed by atoms with Crippen molar-refractivity contribution in [3.63, 3.8) is 0 Å². The van der Waals surface area contributed by atoms with Crippen LogP contribution in [0.5, 0.6) is 0 Å². The van der Waals surface area contributed by atoms with E-state index in [2.05, 4.69) is 14.9 Å². The first-order valence-corrected chi connectivity index (χ1v) is 11.9. The van der Waals surface area contributed by atoms with Crippen molar-refractivity contribution < 1.29 is 13.2 Å². The Morgan fingerprint density at radius 2 is 1.83 bits per heavy atom. The Bertz CT molecular complexity index is 786. The third-order valence-corrected chi connectivity index (χ3v) is 6.44. The zero-order valence-electron chi connectivity index (χ0n) is 18.8. The zero-order valence-corrected chi connectivity index (χ0v) is 21.9. The molecule has 0 radical (unpaired) electrons. The van der Waals surface area contributed by atoms with Crippen molar-refractivity contribution in [2.45, 2.75) is 70.5 Å². The van der Waals surface area contributed by atoms with Crippen molar-refractivity contribution in [1.29, 1.82) is 0 Å². The predicted molar refractivity (Wildman–Crippen MR) is 133 cm³/mol. The summed E-state index contributed by atoms with van der Waals surface area (Å²) in [6, 6.07) is 7.06. The monoisotopic (exact) mass is 552 g/mol. The van der Waals surface area contributed by atoms with Crippen LogP contribution in [0.25, 0.3) is 0 Å². The summed E-state index contributed by atoms with van der Waals surface area (Å²) in [7, 11) is -3.62. The number of nitrogens with one attached hydrogen (secondary N) is 2. The number of nitrogens with zero attached hydrogens (tertiary/aromatic N) is 2. The second-order valence-electron chi connectivity index (χ2n) is 8.28. The summed E-state index contributed by atoms with van der Waals surface area (Å²) in [5.41, 5.74) is 0.138. The normalized spacial score (nSPS) is 16.3. The minimum absolute atomic E-state index is 0. The highest BCUT2D eigenvalue weighted by atomic mass is 127. The molecule has 1 aromatic rings. The first-order valence-electron chi connectivity index (χ1n) is 10.4. The maximum Gasteiger partial charge on any atom is 0.241 e. The van der Waals surface area contributed by atoms with Crippen LogP contribution in [0, 0.1) is 0 Å². The summed E-state index contributed by atoms with van der Waals surface area (Å²) >= 11 is 0. The van der Waals surface area contributed by atoms with Gasteiger partial charge >= 0.3 is 0 Å². The molecule has 1 aromatic carbocycles. The Balaban J connectivity index is 0.00000450. The van der Waals surface area contributed by atoms with E-state index < -0.39 is 15.6 Å². The van der Waals surface area contributed by atoms with Gasteiger partial charge in [0, 0.05) is 31.8 Å². The van der Waals surface area contributed by atoms with Crippen LogP contribution in [-0.2, 0) is 21.3 Å². The molecule has 0 amide bonds. The minimum atomic E-state index is -3.62. The Morgan fingerprint density at radius 3 is 2.40 bits per heavy atom. The molecule has 0 spiro atoms. The second-order valence-corrected chi connectivity index (χ2v) is 9.93. The van der Waals surface area contributed by atoms with Gasteiger partial charge in [-0.25, -0.2) is 18.1 Å². The van der Waals surface area contributed by atoms with Gasteiger partial charge in [-0.2, -0.15) is 0 Å². The van der Waals surface area contributed by atoms with Gasteiger partial charge in [-0.15, -0.1) is 24.0 Å². The van der Waals surface area contributed by atoms with Gasteiger partial charge in [-0.3, -0.25) is 0 Å².